The molecule has 118 valence electrons. The topological polar surface area (TPSA) is 81.1 Å². The van der Waals surface area contributed by atoms with Gasteiger partial charge >= 0.3 is 0 Å². The Balaban J connectivity index is 1.84. The van der Waals surface area contributed by atoms with Crippen molar-refractivity contribution < 1.29 is 13.2 Å². The number of nitrogens with zero attached hydrogens (tertiary/aromatic N) is 2. The maximum atomic E-state index is 12.2. The zero-order valence-corrected chi connectivity index (χ0v) is 14.1. The normalized spacial score (nSPS) is 20.2. The first-order chi connectivity index (χ1) is 10.3. The summed E-state index contributed by atoms with van der Waals surface area (Å²) >= 11 is 7.02. The molecule has 1 aliphatic heterocycles. The quantitative estimate of drug-likeness (QED) is 0.913. The number of aryl methyl sites for hydroxylation is 1. The van der Waals surface area contributed by atoms with E-state index in [4.69, 9.17) is 11.6 Å². The highest BCUT2D eigenvalue weighted by molar-refractivity contribution is 7.91. The number of sulfone groups is 1. The van der Waals surface area contributed by atoms with Crippen molar-refractivity contribution in [2.75, 3.05) is 16.8 Å². The predicted molar refractivity (Wildman–Crippen MR) is 86.6 cm³/mol. The number of amides is 1. The number of halogens is 1. The Morgan fingerprint density at radius 1 is 1.50 bits per heavy atom. The zero-order valence-electron chi connectivity index (χ0n) is 11.7. The van der Waals surface area contributed by atoms with Crippen molar-refractivity contribution >= 4 is 44.5 Å². The minimum Gasteiger partial charge on any atom is -0.306 e. The van der Waals surface area contributed by atoms with E-state index in [1.165, 1.54) is 11.3 Å². The number of hydrogen-bond donors (Lipinski definition) is 1. The Bertz CT molecular complexity index is 825. The van der Waals surface area contributed by atoms with E-state index in [1.54, 1.807) is 29.8 Å². The van der Waals surface area contributed by atoms with Crippen molar-refractivity contribution in [3.63, 3.8) is 0 Å². The van der Waals surface area contributed by atoms with E-state index in [-0.39, 0.29) is 23.5 Å². The van der Waals surface area contributed by atoms with Crippen LogP contribution in [0.3, 0.4) is 0 Å². The number of aromatic nitrogens is 2. The van der Waals surface area contributed by atoms with Crippen molar-refractivity contribution in [2.45, 2.75) is 19.4 Å². The summed E-state index contributed by atoms with van der Waals surface area (Å²) in [5.74, 6) is 0.444. The van der Waals surface area contributed by atoms with E-state index in [0.717, 1.165) is 5.69 Å². The number of carbonyl (C=O) groups is 1. The highest BCUT2D eigenvalue weighted by Crippen LogP contribution is 2.28. The molecule has 22 heavy (non-hydrogen) atoms. The van der Waals surface area contributed by atoms with Crippen molar-refractivity contribution in [2.24, 2.45) is 0 Å². The fourth-order valence-electron chi connectivity index (χ4n) is 2.47. The molecular formula is C13H14ClN3O3S2. The smallest absolute Gasteiger partial charge is 0.266 e. The molecule has 0 spiro atoms. The van der Waals surface area contributed by atoms with E-state index in [9.17, 15) is 13.2 Å². The lowest BCUT2D eigenvalue weighted by atomic mass is 10.3. The van der Waals surface area contributed by atoms with E-state index in [1.807, 2.05) is 0 Å². The van der Waals surface area contributed by atoms with Crippen molar-refractivity contribution in [1.29, 1.82) is 0 Å². The van der Waals surface area contributed by atoms with Gasteiger partial charge < -0.3 is 5.32 Å². The maximum Gasteiger partial charge on any atom is 0.266 e. The summed E-state index contributed by atoms with van der Waals surface area (Å²) in [4.78, 5) is 12.7. The molecule has 9 heteroatoms. The second-order valence-electron chi connectivity index (χ2n) is 5.23. The summed E-state index contributed by atoms with van der Waals surface area (Å²) in [7, 11) is -3.02. The van der Waals surface area contributed by atoms with Crippen LogP contribution in [0.1, 0.15) is 27.8 Å². The minimum atomic E-state index is -3.02. The lowest BCUT2D eigenvalue weighted by Crippen LogP contribution is -2.19. The molecule has 0 aromatic carbocycles. The van der Waals surface area contributed by atoms with Gasteiger partial charge in [-0.1, -0.05) is 11.6 Å². The Morgan fingerprint density at radius 2 is 2.27 bits per heavy atom. The van der Waals surface area contributed by atoms with E-state index < -0.39 is 9.84 Å². The molecule has 0 bridgehead atoms. The average Bonchev–Trinajstić information content (AvgIpc) is 3.09. The molecule has 0 aliphatic carbocycles. The monoisotopic (exact) mass is 359 g/mol. The molecule has 1 atom stereocenters. The number of thiophene rings is 1. The highest BCUT2D eigenvalue weighted by atomic mass is 35.5. The van der Waals surface area contributed by atoms with Gasteiger partial charge in [0.2, 0.25) is 0 Å². The number of hydrogen-bond acceptors (Lipinski definition) is 5. The van der Waals surface area contributed by atoms with Gasteiger partial charge in [-0.25, -0.2) is 13.1 Å². The zero-order chi connectivity index (χ0) is 15.9. The Morgan fingerprint density at radius 3 is 2.86 bits per heavy atom. The first-order valence-corrected chi connectivity index (χ1v) is 9.69. The van der Waals surface area contributed by atoms with Crippen LogP contribution in [0.2, 0.25) is 4.34 Å². The summed E-state index contributed by atoms with van der Waals surface area (Å²) in [6.45, 7) is 1.80. The third-order valence-corrected chi connectivity index (χ3v) is 6.43. The van der Waals surface area contributed by atoms with Gasteiger partial charge in [0.1, 0.15) is 5.82 Å². The fraction of sp³-hybridized carbons (Fsp3) is 0.385. The summed E-state index contributed by atoms with van der Waals surface area (Å²) in [5, 5.41) is 7.11. The lowest BCUT2D eigenvalue weighted by molar-refractivity contribution is 0.102. The molecule has 3 rings (SSSR count). The van der Waals surface area contributed by atoms with Crippen LogP contribution in [0, 0.1) is 6.92 Å². The minimum absolute atomic E-state index is 0.0574. The first-order valence-electron chi connectivity index (χ1n) is 6.67. The Kier molecular flexibility index (Phi) is 4.00. The standard InChI is InChI=1S/C13H14ClN3O3S2/c1-8-6-12(15-13(18)10-2-3-11(14)21-10)17(16-8)9-4-5-22(19,20)7-9/h2-3,6,9H,4-5,7H2,1H3,(H,15,18). The van der Waals surface area contributed by atoms with Crippen LogP contribution in [-0.2, 0) is 9.84 Å². The number of carbonyl (C=O) groups excluding carboxylic acids is 1. The van der Waals surface area contributed by atoms with Gasteiger partial charge in [0, 0.05) is 6.07 Å². The summed E-state index contributed by atoms with van der Waals surface area (Å²) < 4.78 is 25.4. The van der Waals surface area contributed by atoms with Gasteiger partial charge in [0.15, 0.2) is 9.84 Å². The molecular weight excluding hydrogens is 346 g/mol. The number of nitrogens with one attached hydrogen (secondary N) is 1. The molecule has 3 heterocycles. The number of rotatable bonds is 3. The van der Waals surface area contributed by atoms with Gasteiger partial charge in [-0.2, -0.15) is 5.10 Å². The van der Waals surface area contributed by atoms with E-state index >= 15 is 0 Å². The second kappa shape index (κ2) is 5.68. The second-order valence-corrected chi connectivity index (χ2v) is 9.17. The molecule has 1 amide bonds. The largest absolute Gasteiger partial charge is 0.306 e. The SMILES string of the molecule is Cc1cc(NC(=O)c2ccc(Cl)s2)n(C2CCS(=O)(=O)C2)n1. The fourth-order valence-corrected chi connectivity index (χ4v) is 5.10. The Labute approximate surface area is 137 Å². The van der Waals surface area contributed by atoms with Crippen LogP contribution >= 0.6 is 22.9 Å². The van der Waals surface area contributed by atoms with Crippen LogP contribution in [0.4, 0.5) is 5.82 Å². The van der Waals surface area contributed by atoms with Gasteiger partial charge in [0.25, 0.3) is 5.91 Å². The van der Waals surface area contributed by atoms with Crippen LogP contribution in [-0.4, -0.2) is 35.6 Å². The first kappa shape index (κ1) is 15.5. The van der Waals surface area contributed by atoms with Crippen LogP contribution in [0.15, 0.2) is 18.2 Å². The van der Waals surface area contributed by atoms with Crippen LogP contribution in [0.5, 0.6) is 0 Å². The van der Waals surface area contributed by atoms with Gasteiger partial charge in [0.05, 0.1) is 32.5 Å². The molecule has 1 N–H and O–H groups in total. The molecule has 0 radical (unpaired) electrons. The van der Waals surface area contributed by atoms with Gasteiger partial charge in [-0.15, -0.1) is 11.3 Å². The van der Waals surface area contributed by atoms with Crippen molar-refractivity contribution in [3.05, 3.63) is 33.1 Å². The molecule has 0 saturated carbocycles. The third-order valence-electron chi connectivity index (χ3n) is 3.45. The average molecular weight is 360 g/mol. The third kappa shape index (κ3) is 3.18. The molecule has 1 unspecified atom stereocenters. The summed E-state index contributed by atoms with van der Waals surface area (Å²) in [5.41, 5.74) is 0.726. The molecule has 2 aromatic heterocycles. The van der Waals surface area contributed by atoms with Crippen molar-refractivity contribution in [1.82, 2.24) is 9.78 Å². The summed E-state index contributed by atoms with van der Waals surface area (Å²) in [6.07, 6.45) is 0.511. The Hall–Kier alpha value is -1.38. The van der Waals surface area contributed by atoms with E-state index in [2.05, 4.69) is 10.4 Å². The van der Waals surface area contributed by atoms with Crippen LogP contribution in [0.25, 0.3) is 0 Å². The van der Waals surface area contributed by atoms with E-state index in [0.29, 0.717) is 21.5 Å². The highest BCUT2D eigenvalue weighted by Gasteiger charge is 2.31. The van der Waals surface area contributed by atoms with Gasteiger partial charge in [-0.05, 0) is 25.5 Å². The molecule has 1 fully saturated rings. The lowest BCUT2D eigenvalue weighted by Gasteiger charge is -2.13. The molecule has 1 saturated heterocycles. The van der Waals surface area contributed by atoms with Crippen LogP contribution < -0.4 is 5.32 Å². The predicted octanol–water partition coefficient (Wildman–Crippen LogP) is 2.52. The molecule has 2 aromatic rings. The molecule has 6 nitrogen and oxygen atoms in total. The van der Waals surface area contributed by atoms with Crippen molar-refractivity contribution in [3.8, 4) is 0 Å². The molecule has 1 aliphatic rings. The maximum absolute atomic E-state index is 12.2. The van der Waals surface area contributed by atoms with Gasteiger partial charge in [-0.3, -0.25) is 4.79 Å². The number of anilines is 1. The summed E-state index contributed by atoms with van der Waals surface area (Å²) in [6, 6.07) is 4.81.